The number of rotatable bonds is 5. The average molecular weight is 323 g/mol. The fraction of sp³-hybridized carbons (Fsp3) is 0.588. The van der Waals surface area contributed by atoms with Gasteiger partial charge in [-0.25, -0.2) is 0 Å². The normalized spacial score (nSPS) is 24.3. The Balaban J connectivity index is 1.93. The molecule has 0 spiro atoms. The van der Waals surface area contributed by atoms with Crippen molar-refractivity contribution in [3.8, 4) is 5.75 Å². The molecular weight excluding hydrogens is 298 g/mol. The van der Waals surface area contributed by atoms with Crippen LogP contribution in [0.15, 0.2) is 18.2 Å². The van der Waals surface area contributed by atoms with Gasteiger partial charge < -0.3 is 24.6 Å². The molecule has 0 radical (unpaired) electrons. The Morgan fingerprint density at radius 3 is 2.83 bits per heavy atom. The molecule has 0 unspecified atom stereocenters. The number of benzene rings is 1. The number of nitrogens with zero attached hydrogens (tertiary/aromatic N) is 1. The Morgan fingerprint density at radius 2 is 2.13 bits per heavy atom. The van der Waals surface area contributed by atoms with E-state index in [0.29, 0.717) is 12.8 Å². The van der Waals surface area contributed by atoms with Gasteiger partial charge in [0.25, 0.3) is 0 Å². The summed E-state index contributed by atoms with van der Waals surface area (Å²) in [7, 11) is 3.26. The predicted octanol–water partition coefficient (Wildman–Crippen LogP) is 0.515. The lowest BCUT2D eigenvalue weighted by molar-refractivity contribution is -0.153. The van der Waals surface area contributed by atoms with E-state index in [-0.39, 0.29) is 19.1 Å². The lowest BCUT2D eigenvalue weighted by Crippen LogP contribution is -2.56. The van der Waals surface area contributed by atoms with E-state index in [4.69, 9.17) is 9.47 Å². The van der Waals surface area contributed by atoms with Gasteiger partial charge in [0.05, 0.1) is 26.4 Å². The predicted molar refractivity (Wildman–Crippen MR) is 85.4 cm³/mol. The van der Waals surface area contributed by atoms with Crippen molar-refractivity contribution >= 4 is 5.91 Å². The number of hydrogen-bond acceptors (Lipinski definition) is 5. The van der Waals surface area contributed by atoms with Crippen LogP contribution in [0.25, 0.3) is 0 Å². The Morgan fingerprint density at radius 1 is 1.39 bits per heavy atom. The number of carbonyl (C=O) groups excluding carboxylic acids is 1. The monoisotopic (exact) mass is 323 g/mol. The number of methoxy groups -OCH3 is 1. The number of aliphatic hydroxyl groups is 2. The topological polar surface area (TPSA) is 79.2 Å². The highest BCUT2D eigenvalue weighted by molar-refractivity contribution is 5.76. The SMILES string of the molecule is COc1cc(CCC(=O)N(C)[C@@H]2COC[C@@H](O)[C@H]2O)ccc1C. The lowest BCUT2D eigenvalue weighted by atomic mass is 10.0. The molecule has 1 amide bonds. The zero-order valence-electron chi connectivity index (χ0n) is 13.9. The molecule has 23 heavy (non-hydrogen) atoms. The number of amides is 1. The van der Waals surface area contributed by atoms with Crippen molar-refractivity contribution in [3.05, 3.63) is 29.3 Å². The van der Waals surface area contributed by atoms with E-state index in [9.17, 15) is 15.0 Å². The van der Waals surface area contributed by atoms with Crippen LogP contribution in [0.1, 0.15) is 17.5 Å². The number of aryl methyl sites for hydroxylation is 2. The molecule has 3 atom stereocenters. The van der Waals surface area contributed by atoms with Crippen LogP contribution in [-0.2, 0) is 16.0 Å². The molecule has 1 aliphatic rings. The minimum atomic E-state index is -0.975. The van der Waals surface area contributed by atoms with E-state index >= 15 is 0 Å². The van der Waals surface area contributed by atoms with Gasteiger partial charge in [0, 0.05) is 13.5 Å². The third kappa shape index (κ3) is 4.22. The molecule has 0 aliphatic carbocycles. The number of likely N-dealkylation sites (N-methyl/N-ethyl adjacent to an activating group) is 1. The zero-order valence-corrected chi connectivity index (χ0v) is 13.9. The minimum Gasteiger partial charge on any atom is -0.496 e. The lowest BCUT2D eigenvalue weighted by Gasteiger charge is -2.37. The molecule has 2 rings (SSSR count). The summed E-state index contributed by atoms with van der Waals surface area (Å²) in [6.07, 6.45) is -1.02. The second-order valence-electron chi connectivity index (χ2n) is 5.97. The molecule has 1 aromatic carbocycles. The molecule has 0 aromatic heterocycles. The second-order valence-corrected chi connectivity index (χ2v) is 5.97. The van der Waals surface area contributed by atoms with E-state index in [1.165, 1.54) is 4.90 Å². The number of hydrogen-bond donors (Lipinski definition) is 2. The fourth-order valence-corrected chi connectivity index (χ4v) is 2.74. The quantitative estimate of drug-likeness (QED) is 0.826. The minimum absolute atomic E-state index is 0.0914. The molecule has 0 saturated carbocycles. The standard InChI is InChI=1S/C17H25NO5/c1-11-4-5-12(8-15(11)22-3)6-7-16(20)18(2)13-9-23-10-14(19)17(13)21/h4-5,8,13-14,17,19,21H,6-7,9-10H2,1-3H3/t13-,14-,17+/m1/s1. The molecule has 1 aromatic rings. The van der Waals surface area contributed by atoms with Crippen LogP contribution in [0.2, 0.25) is 0 Å². The van der Waals surface area contributed by atoms with Crippen LogP contribution in [0.4, 0.5) is 0 Å². The van der Waals surface area contributed by atoms with Crippen molar-refractivity contribution in [2.24, 2.45) is 0 Å². The van der Waals surface area contributed by atoms with Gasteiger partial charge in [-0.3, -0.25) is 4.79 Å². The van der Waals surface area contributed by atoms with Gasteiger partial charge in [-0.1, -0.05) is 12.1 Å². The summed E-state index contributed by atoms with van der Waals surface area (Å²) in [5.41, 5.74) is 2.07. The van der Waals surface area contributed by atoms with Crippen LogP contribution >= 0.6 is 0 Å². The van der Waals surface area contributed by atoms with Crippen molar-refractivity contribution in [2.75, 3.05) is 27.4 Å². The molecule has 0 bridgehead atoms. The molecule has 1 aliphatic heterocycles. The smallest absolute Gasteiger partial charge is 0.223 e. The number of ether oxygens (including phenoxy) is 2. The van der Waals surface area contributed by atoms with Gasteiger partial charge in [-0.05, 0) is 30.5 Å². The van der Waals surface area contributed by atoms with Gasteiger partial charge in [0.2, 0.25) is 5.91 Å². The van der Waals surface area contributed by atoms with Gasteiger partial charge >= 0.3 is 0 Å². The van der Waals surface area contributed by atoms with E-state index in [1.807, 2.05) is 25.1 Å². The van der Waals surface area contributed by atoms with Crippen LogP contribution in [0.5, 0.6) is 5.75 Å². The summed E-state index contributed by atoms with van der Waals surface area (Å²) in [5, 5.41) is 19.6. The van der Waals surface area contributed by atoms with Crippen molar-refractivity contribution in [1.82, 2.24) is 4.90 Å². The van der Waals surface area contributed by atoms with Crippen LogP contribution in [0, 0.1) is 6.92 Å². The van der Waals surface area contributed by atoms with Crippen LogP contribution in [0.3, 0.4) is 0 Å². The van der Waals surface area contributed by atoms with E-state index in [1.54, 1.807) is 14.2 Å². The third-order valence-electron chi connectivity index (χ3n) is 4.36. The summed E-state index contributed by atoms with van der Waals surface area (Å²) >= 11 is 0. The highest BCUT2D eigenvalue weighted by Gasteiger charge is 2.35. The summed E-state index contributed by atoms with van der Waals surface area (Å²) in [6, 6.07) is 5.37. The Hall–Kier alpha value is -1.63. The molecule has 1 saturated heterocycles. The molecule has 6 heteroatoms. The molecule has 1 heterocycles. The highest BCUT2D eigenvalue weighted by atomic mass is 16.5. The fourth-order valence-electron chi connectivity index (χ4n) is 2.74. The Labute approximate surface area is 136 Å². The molecular formula is C17H25NO5. The molecule has 6 nitrogen and oxygen atoms in total. The van der Waals surface area contributed by atoms with Crippen LogP contribution in [-0.4, -0.2) is 66.6 Å². The maximum atomic E-state index is 12.3. The second kappa shape index (κ2) is 7.77. The van der Waals surface area contributed by atoms with Gasteiger partial charge in [0.15, 0.2) is 0 Å². The largest absolute Gasteiger partial charge is 0.496 e. The Kier molecular flexibility index (Phi) is 5.98. The van der Waals surface area contributed by atoms with Gasteiger partial charge in [0.1, 0.15) is 18.0 Å². The van der Waals surface area contributed by atoms with Crippen LogP contribution < -0.4 is 4.74 Å². The maximum Gasteiger partial charge on any atom is 0.223 e. The average Bonchev–Trinajstić information content (AvgIpc) is 2.55. The highest BCUT2D eigenvalue weighted by Crippen LogP contribution is 2.20. The van der Waals surface area contributed by atoms with Gasteiger partial charge in [-0.2, -0.15) is 0 Å². The Bertz CT molecular complexity index is 548. The first-order chi connectivity index (χ1) is 10.9. The third-order valence-corrected chi connectivity index (χ3v) is 4.36. The summed E-state index contributed by atoms with van der Waals surface area (Å²) in [4.78, 5) is 13.8. The summed E-state index contributed by atoms with van der Waals surface area (Å²) in [5.74, 6) is 0.717. The molecule has 2 N–H and O–H groups in total. The first-order valence-corrected chi connectivity index (χ1v) is 7.77. The van der Waals surface area contributed by atoms with E-state index < -0.39 is 18.2 Å². The van der Waals surface area contributed by atoms with Crippen molar-refractivity contribution in [1.29, 1.82) is 0 Å². The summed E-state index contributed by atoms with van der Waals surface area (Å²) in [6.45, 7) is 2.30. The first kappa shape index (κ1) is 17.7. The zero-order chi connectivity index (χ0) is 17.0. The van der Waals surface area contributed by atoms with Crippen molar-refractivity contribution in [2.45, 2.75) is 38.0 Å². The summed E-state index contributed by atoms with van der Waals surface area (Å²) < 4.78 is 10.5. The number of carbonyl (C=O) groups is 1. The maximum absolute atomic E-state index is 12.3. The molecule has 128 valence electrons. The van der Waals surface area contributed by atoms with E-state index in [2.05, 4.69) is 0 Å². The van der Waals surface area contributed by atoms with E-state index in [0.717, 1.165) is 16.9 Å². The van der Waals surface area contributed by atoms with Gasteiger partial charge in [-0.15, -0.1) is 0 Å². The van der Waals surface area contributed by atoms with Crippen molar-refractivity contribution < 1.29 is 24.5 Å². The molecule has 1 fully saturated rings. The van der Waals surface area contributed by atoms with Crippen molar-refractivity contribution in [3.63, 3.8) is 0 Å². The number of aliphatic hydroxyl groups excluding tert-OH is 2. The first-order valence-electron chi connectivity index (χ1n) is 7.77.